The molecule has 0 saturated heterocycles. The molecule has 4 rings (SSSR count). The number of carbonyl (C=O) groups excluding carboxylic acids is 3. The molecule has 8 heteroatoms. The first-order chi connectivity index (χ1) is 16.5. The molecule has 0 saturated carbocycles. The van der Waals surface area contributed by atoms with Crippen LogP contribution in [0.1, 0.15) is 24.2 Å². The Morgan fingerprint density at radius 2 is 1.71 bits per heavy atom. The lowest BCUT2D eigenvalue weighted by Crippen LogP contribution is -2.53. The van der Waals surface area contributed by atoms with Crippen LogP contribution in [0.25, 0.3) is 20.9 Å². The average molecular weight is 475 g/mol. The van der Waals surface area contributed by atoms with E-state index in [1.165, 1.54) is 0 Å². The molecule has 3 unspecified atom stereocenters. The molecule has 0 spiro atoms. The van der Waals surface area contributed by atoms with E-state index in [1.54, 1.807) is 18.3 Å². The van der Waals surface area contributed by atoms with Crippen LogP contribution in [0.5, 0.6) is 0 Å². The fourth-order valence-corrected chi connectivity index (χ4v) is 4.82. The van der Waals surface area contributed by atoms with Gasteiger partial charge in [-0.25, -0.2) is 0 Å². The van der Waals surface area contributed by atoms with E-state index in [4.69, 9.17) is 5.73 Å². The average Bonchev–Trinajstić information content (AvgIpc) is 3.25. The molecule has 1 heterocycles. The van der Waals surface area contributed by atoms with Gasteiger partial charge in [-0.15, -0.1) is 11.3 Å². The Hall–Kier alpha value is -3.75. The van der Waals surface area contributed by atoms with Gasteiger partial charge in [-0.3, -0.25) is 14.4 Å². The molecule has 174 valence electrons. The minimum absolute atomic E-state index is 0.292. The van der Waals surface area contributed by atoms with E-state index in [-0.39, 0.29) is 0 Å². The van der Waals surface area contributed by atoms with Gasteiger partial charge in [0.1, 0.15) is 12.2 Å². The molecular formula is C26H26N4O3S. The Morgan fingerprint density at radius 3 is 2.47 bits per heavy atom. The van der Waals surface area contributed by atoms with Gasteiger partial charge in [0, 0.05) is 11.1 Å². The van der Waals surface area contributed by atoms with Crippen molar-refractivity contribution >= 4 is 50.4 Å². The molecule has 4 aromatic rings. The smallest absolute Gasteiger partial charge is 0.244 e. The number of thiophene rings is 1. The zero-order valence-electron chi connectivity index (χ0n) is 18.7. The fraction of sp³-hybridized carbons (Fsp3) is 0.192. The Balaban J connectivity index is 1.60. The second-order valence-corrected chi connectivity index (χ2v) is 9.06. The molecule has 3 atom stereocenters. The molecule has 0 aliphatic heterocycles. The first kappa shape index (κ1) is 23.4. The predicted octanol–water partition coefficient (Wildman–Crippen LogP) is 2.99. The summed E-state index contributed by atoms with van der Waals surface area (Å²) in [5.74, 6) is -0.845. The van der Waals surface area contributed by atoms with Crippen LogP contribution in [0.4, 0.5) is 0 Å². The van der Waals surface area contributed by atoms with Gasteiger partial charge >= 0.3 is 0 Å². The topological polar surface area (TPSA) is 113 Å². The monoisotopic (exact) mass is 474 g/mol. The Bertz CT molecular complexity index is 1330. The molecule has 0 bridgehead atoms. The molecule has 3 aromatic carbocycles. The molecule has 1 aromatic heterocycles. The number of amides is 3. The number of carbonyl (C=O) groups is 3. The van der Waals surface area contributed by atoms with Crippen LogP contribution in [0.15, 0.2) is 72.1 Å². The van der Waals surface area contributed by atoms with Crippen LogP contribution >= 0.6 is 11.3 Å². The molecule has 3 amide bonds. The summed E-state index contributed by atoms with van der Waals surface area (Å²) in [6.45, 7) is 1.57. The van der Waals surface area contributed by atoms with Crippen LogP contribution in [0.3, 0.4) is 0 Å². The number of hydrogen-bond donors (Lipinski definition) is 4. The number of nitrogens with two attached hydrogens (primary N) is 1. The number of benzene rings is 3. The Kier molecular flexibility index (Phi) is 7.20. The van der Waals surface area contributed by atoms with Gasteiger partial charge in [-0.2, -0.15) is 0 Å². The van der Waals surface area contributed by atoms with Crippen LogP contribution in [0, 0.1) is 0 Å². The highest BCUT2D eigenvalue weighted by atomic mass is 32.1. The van der Waals surface area contributed by atoms with Gasteiger partial charge in [0.2, 0.25) is 18.2 Å². The molecule has 0 fully saturated rings. The third-order valence-corrected chi connectivity index (χ3v) is 6.67. The first-order valence-electron chi connectivity index (χ1n) is 11.0. The van der Waals surface area contributed by atoms with Crippen molar-refractivity contribution in [2.45, 2.75) is 31.6 Å². The summed E-state index contributed by atoms with van der Waals surface area (Å²) in [4.78, 5) is 37.1. The van der Waals surface area contributed by atoms with E-state index in [0.29, 0.717) is 12.8 Å². The largest absolute Gasteiger partial charge is 0.343 e. The van der Waals surface area contributed by atoms with E-state index in [1.807, 2.05) is 72.1 Å². The molecule has 0 radical (unpaired) electrons. The van der Waals surface area contributed by atoms with Crippen molar-refractivity contribution in [1.29, 1.82) is 0 Å². The molecule has 7 nitrogen and oxygen atoms in total. The Morgan fingerprint density at radius 1 is 0.971 bits per heavy atom. The lowest BCUT2D eigenvalue weighted by Gasteiger charge is -2.24. The van der Waals surface area contributed by atoms with Crippen molar-refractivity contribution < 1.29 is 14.4 Å². The molecule has 0 aliphatic carbocycles. The molecular weight excluding hydrogens is 448 g/mol. The van der Waals surface area contributed by atoms with E-state index >= 15 is 0 Å². The maximum Gasteiger partial charge on any atom is 0.244 e. The fourth-order valence-electron chi connectivity index (χ4n) is 3.84. The highest BCUT2D eigenvalue weighted by Crippen LogP contribution is 2.27. The maximum atomic E-state index is 13.4. The number of fused-ring (bicyclic) bond motifs is 2. The predicted molar refractivity (Wildman–Crippen MR) is 135 cm³/mol. The van der Waals surface area contributed by atoms with Gasteiger partial charge in [0.15, 0.2) is 0 Å². The van der Waals surface area contributed by atoms with Crippen molar-refractivity contribution in [3.8, 4) is 0 Å². The van der Waals surface area contributed by atoms with Gasteiger partial charge in [0.25, 0.3) is 0 Å². The van der Waals surface area contributed by atoms with E-state index < -0.39 is 30.1 Å². The maximum absolute atomic E-state index is 13.4. The number of nitrogens with one attached hydrogen (secondary N) is 3. The summed E-state index contributed by atoms with van der Waals surface area (Å²) in [5.41, 5.74) is 7.42. The van der Waals surface area contributed by atoms with Gasteiger partial charge in [-0.1, -0.05) is 54.6 Å². The second kappa shape index (κ2) is 10.5. The second-order valence-electron chi connectivity index (χ2n) is 8.14. The van der Waals surface area contributed by atoms with E-state index in [2.05, 4.69) is 16.0 Å². The van der Waals surface area contributed by atoms with Crippen molar-refractivity contribution in [3.05, 3.63) is 83.2 Å². The van der Waals surface area contributed by atoms with Gasteiger partial charge in [0.05, 0.1) is 6.04 Å². The standard InChI is InChI=1S/C26H26N4O3S/c1-16(27)25(32)29-22(13-20-14-34-23-9-5-4-8-21(20)23)26(33)30-24(28-15-31)19-11-10-17-6-2-3-7-18(17)12-19/h2-12,14-16,22,24H,13,27H2,1H3,(H,28,31)(H,29,32)(H,30,33). The summed E-state index contributed by atoms with van der Waals surface area (Å²) >= 11 is 1.59. The zero-order valence-corrected chi connectivity index (χ0v) is 19.5. The minimum atomic E-state index is -0.868. The molecule has 5 N–H and O–H groups in total. The third-order valence-electron chi connectivity index (χ3n) is 5.66. The van der Waals surface area contributed by atoms with Crippen LogP contribution in [-0.4, -0.2) is 30.3 Å². The lowest BCUT2D eigenvalue weighted by molar-refractivity contribution is -0.130. The van der Waals surface area contributed by atoms with Crippen LogP contribution in [0.2, 0.25) is 0 Å². The SMILES string of the molecule is CC(N)C(=O)NC(Cc1csc2ccccc12)C(=O)NC(NC=O)c1ccc2ccccc2c1. The van der Waals surface area contributed by atoms with Gasteiger partial charge < -0.3 is 21.7 Å². The number of rotatable bonds is 9. The molecule has 0 aliphatic rings. The minimum Gasteiger partial charge on any atom is -0.343 e. The Labute approximate surface area is 201 Å². The highest BCUT2D eigenvalue weighted by molar-refractivity contribution is 7.17. The highest BCUT2D eigenvalue weighted by Gasteiger charge is 2.26. The summed E-state index contributed by atoms with van der Waals surface area (Å²) in [6, 6.07) is 19.8. The number of hydrogen-bond acceptors (Lipinski definition) is 5. The van der Waals surface area contributed by atoms with Crippen LogP contribution in [-0.2, 0) is 20.8 Å². The normalized spacial score (nSPS) is 13.7. The molecule has 34 heavy (non-hydrogen) atoms. The van der Waals surface area contributed by atoms with E-state index in [9.17, 15) is 14.4 Å². The van der Waals surface area contributed by atoms with Gasteiger partial charge in [-0.05, 0) is 51.7 Å². The summed E-state index contributed by atoms with van der Waals surface area (Å²) < 4.78 is 1.10. The summed E-state index contributed by atoms with van der Waals surface area (Å²) in [6.07, 6.45) is 0.0746. The van der Waals surface area contributed by atoms with Crippen molar-refractivity contribution in [2.24, 2.45) is 5.73 Å². The quantitative estimate of drug-likeness (QED) is 0.221. The van der Waals surface area contributed by atoms with Crippen molar-refractivity contribution in [3.63, 3.8) is 0 Å². The summed E-state index contributed by atoms with van der Waals surface area (Å²) in [5, 5.41) is 13.4. The van der Waals surface area contributed by atoms with E-state index in [0.717, 1.165) is 32.0 Å². The van der Waals surface area contributed by atoms with Crippen molar-refractivity contribution in [1.82, 2.24) is 16.0 Å². The lowest BCUT2D eigenvalue weighted by atomic mass is 10.0. The summed E-state index contributed by atoms with van der Waals surface area (Å²) in [7, 11) is 0. The zero-order chi connectivity index (χ0) is 24.1. The third kappa shape index (κ3) is 5.24. The van der Waals surface area contributed by atoms with Crippen LogP contribution < -0.4 is 21.7 Å². The first-order valence-corrected chi connectivity index (χ1v) is 11.8. The van der Waals surface area contributed by atoms with Crippen molar-refractivity contribution in [2.75, 3.05) is 0 Å².